The Labute approximate surface area is 103 Å². The van der Waals surface area contributed by atoms with Crippen molar-refractivity contribution >= 4 is 21.3 Å². The number of aromatic nitrogens is 3. The predicted molar refractivity (Wildman–Crippen MR) is 62.2 cm³/mol. The Balaban J connectivity index is 1.99. The topological polar surface area (TPSA) is 50.8 Å². The standard InChI is InChI=1S/C11H12AsN3O/c1-16-10-4-8(6-13-7-10)2-3-9-5-11(12)15-14-9/h4-7H,2-3H2,1H3,(H,14,15). The molecule has 1 N–H and O–H groups in total. The molecule has 0 unspecified atom stereocenters. The van der Waals surface area contributed by atoms with Crippen LogP contribution in [-0.2, 0) is 12.8 Å². The molecule has 0 amide bonds. The molecule has 0 aromatic carbocycles. The van der Waals surface area contributed by atoms with Gasteiger partial charge in [0, 0.05) is 0 Å². The van der Waals surface area contributed by atoms with Crippen LogP contribution in [0.25, 0.3) is 0 Å². The second-order valence-electron chi connectivity index (χ2n) is 3.48. The van der Waals surface area contributed by atoms with Gasteiger partial charge in [0.15, 0.2) is 0 Å². The van der Waals surface area contributed by atoms with Crippen molar-refractivity contribution in [2.24, 2.45) is 0 Å². The molecule has 2 radical (unpaired) electrons. The van der Waals surface area contributed by atoms with Crippen molar-refractivity contribution in [2.75, 3.05) is 7.11 Å². The summed E-state index contributed by atoms with van der Waals surface area (Å²) in [4.78, 5) is 4.12. The molecule has 5 heteroatoms. The van der Waals surface area contributed by atoms with Gasteiger partial charge in [-0.15, -0.1) is 0 Å². The van der Waals surface area contributed by atoms with Gasteiger partial charge < -0.3 is 0 Å². The molecular weight excluding hydrogens is 265 g/mol. The Morgan fingerprint density at radius 2 is 2.19 bits per heavy atom. The van der Waals surface area contributed by atoms with Crippen LogP contribution < -0.4 is 9.22 Å². The van der Waals surface area contributed by atoms with E-state index >= 15 is 0 Å². The Kier molecular flexibility index (Phi) is 3.62. The van der Waals surface area contributed by atoms with Crippen LogP contribution in [0.1, 0.15) is 11.3 Å². The molecule has 0 spiro atoms. The molecule has 0 aliphatic carbocycles. The average molecular weight is 277 g/mol. The zero-order valence-electron chi connectivity index (χ0n) is 8.97. The summed E-state index contributed by atoms with van der Waals surface area (Å²) >= 11 is 2.42. The molecule has 2 aromatic rings. The Morgan fingerprint density at radius 3 is 2.88 bits per heavy atom. The zero-order valence-corrected chi connectivity index (χ0v) is 10.9. The minimum absolute atomic E-state index is 0.801. The van der Waals surface area contributed by atoms with Crippen LogP contribution >= 0.6 is 0 Å². The van der Waals surface area contributed by atoms with Gasteiger partial charge in [0.05, 0.1) is 0 Å². The number of H-pyrrole nitrogens is 1. The molecule has 2 aromatic heterocycles. The third-order valence-corrected chi connectivity index (χ3v) is 2.79. The van der Waals surface area contributed by atoms with E-state index in [0.717, 1.165) is 28.8 Å². The number of pyridine rings is 1. The SMILES string of the molecule is COc1cncc(CCc2cc([As])n[nH]2)c1. The molecule has 2 rings (SSSR count). The maximum atomic E-state index is 5.13. The van der Waals surface area contributed by atoms with Gasteiger partial charge in [-0.05, 0) is 0 Å². The van der Waals surface area contributed by atoms with Crippen molar-refractivity contribution < 1.29 is 4.74 Å². The number of hydrogen-bond acceptors (Lipinski definition) is 3. The van der Waals surface area contributed by atoms with Gasteiger partial charge in [-0.1, -0.05) is 0 Å². The fraction of sp³-hybridized carbons (Fsp3) is 0.273. The number of nitrogens with zero attached hydrogens (tertiary/aromatic N) is 2. The van der Waals surface area contributed by atoms with E-state index in [4.69, 9.17) is 4.74 Å². The first kappa shape index (κ1) is 11.2. The summed E-state index contributed by atoms with van der Waals surface area (Å²) in [7, 11) is 1.65. The van der Waals surface area contributed by atoms with Crippen molar-refractivity contribution in [3.05, 3.63) is 35.8 Å². The summed E-state index contributed by atoms with van der Waals surface area (Å²) in [6.07, 6.45) is 5.43. The molecular formula is C11H12AsN3O. The predicted octanol–water partition coefficient (Wildman–Crippen LogP) is 0.392. The third kappa shape index (κ3) is 2.86. The molecule has 0 aliphatic heterocycles. The number of hydrogen-bond donors (Lipinski definition) is 1. The average Bonchev–Trinajstić information content (AvgIpc) is 2.73. The van der Waals surface area contributed by atoms with E-state index < -0.39 is 0 Å². The van der Waals surface area contributed by atoms with Crippen LogP contribution in [0.3, 0.4) is 0 Å². The summed E-state index contributed by atoms with van der Waals surface area (Å²) in [5.74, 6) is 0.801. The number of aryl methyl sites for hydroxylation is 2. The zero-order chi connectivity index (χ0) is 11.4. The Hall–Kier alpha value is -1.28. The van der Waals surface area contributed by atoms with E-state index in [-0.39, 0.29) is 0 Å². The van der Waals surface area contributed by atoms with Crippen LogP contribution in [0.2, 0.25) is 0 Å². The van der Waals surface area contributed by atoms with Crippen molar-refractivity contribution in [2.45, 2.75) is 12.8 Å². The summed E-state index contributed by atoms with van der Waals surface area (Å²) in [6.45, 7) is 0. The van der Waals surface area contributed by atoms with E-state index in [1.165, 1.54) is 5.56 Å². The molecule has 0 aliphatic rings. The number of methoxy groups -OCH3 is 1. The van der Waals surface area contributed by atoms with Gasteiger partial charge in [-0.25, -0.2) is 0 Å². The van der Waals surface area contributed by atoms with Crippen LogP contribution in [0.5, 0.6) is 5.75 Å². The van der Waals surface area contributed by atoms with E-state index in [9.17, 15) is 0 Å². The van der Waals surface area contributed by atoms with E-state index in [0.29, 0.717) is 0 Å². The fourth-order valence-corrected chi connectivity index (χ4v) is 1.90. The van der Waals surface area contributed by atoms with E-state index in [2.05, 4.69) is 32.0 Å². The molecule has 0 fully saturated rings. The summed E-state index contributed by atoms with van der Waals surface area (Å²) in [5.41, 5.74) is 2.31. The van der Waals surface area contributed by atoms with Crippen molar-refractivity contribution in [3.63, 3.8) is 0 Å². The van der Waals surface area contributed by atoms with Crippen LogP contribution in [0, 0.1) is 0 Å². The third-order valence-electron chi connectivity index (χ3n) is 2.31. The van der Waals surface area contributed by atoms with Gasteiger partial charge in [0.2, 0.25) is 0 Å². The number of nitrogens with one attached hydrogen (secondary N) is 1. The van der Waals surface area contributed by atoms with Gasteiger partial charge in [0.25, 0.3) is 0 Å². The van der Waals surface area contributed by atoms with Crippen LogP contribution in [0.15, 0.2) is 24.5 Å². The number of rotatable bonds is 4. The van der Waals surface area contributed by atoms with E-state index in [1.807, 2.05) is 18.3 Å². The molecule has 0 bridgehead atoms. The molecule has 0 saturated heterocycles. The molecule has 0 atom stereocenters. The summed E-state index contributed by atoms with van der Waals surface area (Å²) < 4.78 is 6.09. The molecule has 4 nitrogen and oxygen atoms in total. The van der Waals surface area contributed by atoms with Gasteiger partial charge in [-0.2, -0.15) is 0 Å². The van der Waals surface area contributed by atoms with Crippen molar-refractivity contribution in [1.29, 1.82) is 0 Å². The first-order valence-electron chi connectivity index (χ1n) is 4.99. The number of ether oxygens (including phenoxy) is 1. The van der Waals surface area contributed by atoms with Crippen LogP contribution in [0.4, 0.5) is 0 Å². The molecule has 0 saturated carbocycles. The van der Waals surface area contributed by atoms with Gasteiger partial charge in [-0.3, -0.25) is 0 Å². The molecule has 2 heterocycles. The van der Waals surface area contributed by atoms with Crippen molar-refractivity contribution in [3.8, 4) is 5.75 Å². The minimum atomic E-state index is 0.801. The normalized spacial score (nSPS) is 10.4. The second kappa shape index (κ2) is 5.17. The van der Waals surface area contributed by atoms with Gasteiger partial charge in [0.1, 0.15) is 0 Å². The van der Waals surface area contributed by atoms with Crippen molar-refractivity contribution in [1.82, 2.24) is 15.2 Å². The first-order chi connectivity index (χ1) is 7.78. The summed E-state index contributed by atoms with van der Waals surface area (Å²) in [5, 5.41) is 7.06. The van der Waals surface area contributed by atoms with Gasteiger partial charge >= 0.3 is 103 Å². The summed E-state index contributed by atoms with van der Waals surface area (Å²) in [6, 6.07) is 4.04. The quantitative estimate of drug-likeness (QED) is 0.823. The Morgan fingerprint density at radius 1 is 1.31 bits per heavy atom. The van der Waals surface area contributed by atoms with E-state index in [1.54, 1.807) is 13.3 Å². The monoisotopic (exact) mass is 277 g/mol. The van der Waals surface area contributed by atoms with Crippen LogP contribution in [-0.4, -0.2) is 39.1 Å². The fourth-order valence-electron chi connectivity index (χ4n) is 1.47. The Bertz CT molecular complexity index is 470. The second-order valence-corrected chi connectivity index (χ2v) is 4.45. The maximum absolute atomic E-state index is 5.13. The molecule has 82 valence electrons. The molecule has 16 heavy (non-hydrogen) atoms. The first-order valence-corrected chi connectivity index (χ1v) is 5.93. The number of aromatic amines is 1.